The van der Waals surface area contributed by atoms with Crippen molar-refractivity contribution in [2.75, 3.05) is 20.1 Å². The first-order valence-electron chi connectivity index (χ1n) is 6.00. The van der Waals surface area contributed by atoms with Gasteiger partial charge in [0.05, 0.1) is 5.92 Å². The molecule has 1 aromatic rings. The van der Waals surface area contributed by atoms with Crippen molar-refractivity contribution in [2.45, 2.75) is 6.54 Å². The number of rotatable bonds is 4. The summed E-state index contributed by atoms with van der Waals surface area (Å²) >= 11 is 0. The standard InChI is InChI=1S/C13H17N3O2.ClH/c1-14-12(17)10-4-2-3-9(5-10)6-16-13(18)11-7-15-8-11;/h2-5,11,15H,6-8H2,1H3,(H,14,17)(H,16,18);1H. The monoisotopic (exact) mass is 283 g/mol. The topological polar surface area (TPSA) is 70.2 Å². The predicted octanol–water partition coefficient (Wildman–Crippen LogP) is 0.304. The van der Waals surface area contributed by atoms with Gasteiger partial charge in [-0.2, -0.15) is 0 Å². The number of halogens is 1. The van der Waals surface area contributed by atoms with E-state index in [9.17, 15) is 9.59 Å². The summed E-state index contributed by atoms with van der Waals surface area (Å²) in [6.45, 7) is 1.97. The van der Waals surface area contributed by atoms with Crippen molar-refractivity contribution in [3.63, 3.8) is 0 Å². The zero-order valence-electron chi connectivity index (χ0n) is 10.7. The molecule has 6 heteroatoms. The fourth-order valence-corrected chi connectivity index (χ4v) is 1.77. The number of nitrogens with one attached hydrogen (secondary N) is 3. The molecule has 0 spiro atoms. The highest BCUT2D eigenvalue weighted by Crippen LogP contribution is 2.07. The molecular formula is C13H18ClN3O2. The molecule has 1 saturated heterocycles. The van der Waals surface area contributed by atoms with Gasteiger partial charge in [0, 0.05) is 32.2 Å². The first-order valence-corrected chi connectivity index (χ1v) is 6.00. The molecule has 1 aliphatic rings. The number of carbonyl (C=O) groups is 2. The number of hydrogen-bond donors (Lipinski definition) is 3. The molecule has 0 unspecified atom stereocenters. The Kier molecular flexibility index (Phi) is 5.79. The van der Waals surface area contributed by atoms with E-state index in [1.807, 2.05) is 12.1 Å². The van der Waals surface area contributed by atoms with E-state index in [-0.39, 0.29) is 30.1 Å². The van der Waals surface area contributed by atoms with Crippen molar-refractivity contribution in [2.24, 2.45) is 5.92 Å². The second kappa shape index (κ2) is 7.11. The Hall–Kier alpha value is -1.59. The van der Waals surface area contributed by atoms with Gasteiger partial charge in [-0.05, 0) is 17.7 Å². The van der Waals surface area contributed by atoms with E-state index >= 15 is 0 Å². The molecule has 0 aromatic heterocycles. The molecule has 2 amide bonds. The first-order chi connectivity index (χ1) is 8.70. The molecule has 5 nitrogen and oxygen atoms in total. The van der Waals surface area contributed by atoms with E-state index < -0.39 is 0 Å². The van der Waals surface area contributed by atoms with E-state index in [0.717, 1.165) is 18.7 Å². The second-order valence-electron chi connectivity index (χ2n) is 4.35. The molecule has 104 valence electrons. The third kappa shape index (κ3) is 3.94. The van der Waals surface area contributed by atoms with Crippen molar-refractivity contribution < 1.29 is 9.59 Å². The SMILES string of the molecule is CNC(=O)c1cccc(CNC(=O)C2CNC2)c1.Cl. The molecule has 1 fully saturated rings. The third-order valence-corrected chi connectivity index (χ3v) is 3.04. The molecule has 0 saturated carbocycles. The van der Waals surface area contributed by atoms with E-state index in [2.05, 4.69) is 16.0 Å². The van der Waals surface area contributed by atoms with E-state index in [1.54, 1.807) is 19.2 Å². The summed E-state index contributed by atoms with van der Waals surface area (Å²) in [6.07, 6.45) is 0. The summed E-state index contributed by atoms with van der Waals surface area (Å²) in [5.41, 5.74) is 1.53. The van der Waals surface area contributed by atoms with Crippen LogP contribution in [0.15, 0.2) is 24.3 Å². The Morgan fingerprint density at radius 2 is 2.11 bits per heavy atom. The van der Waals surface area contributed by atoms with E-state index in [4.69, 9.17) is 0 Å². The molecule has 1 heterocycles. The summed E-state index contributed by atoms with van der Waals surface area (Å²) in [6, 6.07) is 7.25. The average Bonchev–Trinajstić information content (AvgIpc) is 2.33. The molecule has 0 aliphatic carbocycles. The summed E-state index contributed by atoms with van der Waals surface area (Å²) < 4.78 is 0. The van der Waals surface area contributed by atoms with Crippen molar-refractivity contribution in [1.82, 2.24) is 16.0 Å². The smallest absolute Gasteiger partial charge is 0.251 e. The van der Waals surface area contributed by atoms with Crippen LogP contribution in [0.3, 0.4) is 0 Å². The van der Waals surface area contributed by atoms with Crippen LogP contribution in [0.4, 0.5) is 0 Å². The maximum Gasteiger partial charge on any atom is 0.251 e. The fraction of sp³-hybridized carbons (Fsp3) is 0.385. The molecule has 2 rings (SSSR count). The first kappa shape index (κ1) is 15.5. The lowest BCUT2D eigenvalue weighted by Crippen LogP contribution is -2.50. The third-order valence-electron chi connectivity index (χ3n) is 3.04. The summed E-state index contributed by atoms with van der Waals surface area (Å²) in [4.78, 5) is 23.1. The molecule has 0 bridgehead atoms. The maximum absolute atomic E-state index is 11.6. The largest absolute Gasteiger partial charge is 0.355 e. The van der Waals surface area contributed by atoms with Gasteiger partial charge in [0.1, 0.15) is 0 Å². The van der Waals surface area contributed by atoms with Crippen LogP contribution in [0.25, 0.3) is 0 Å². The highest BCUT2D eigenvalue weighted by molar-refractivity contribution is 5.94. The molecule has 0 radical (unpaired) electrons. The van der Waals surface area contributed by atoms with Crippen molar-refractivity contribution in [3.05, 3.63) is 35.4 Å². The Morgan fingerprint density at radius 1 is 1.37 bits per heavy atom. The highest BCUT2D eigenvalue weighted by atomic mass is 35.5. The zero-order chi connectivity index (χ0) is 13.0. The van der Waals surface area contributed by atoms with Crippen molar-refractivity contribution in [3.8, 4) is 0 Å². The van der Waals surface area contributed by atoms with Gasteiger partial charge in [-0.1, -0.05) is 12.1 Å². The normalized spacial score (nSPS) is 13.9. The van der Waals surface area contributed by atoms with Gasteiger partial charge in [0.25, 0.3) is 5.91 Å². The van der Waals surface area contributed by atoms with Crippen LogP contribution < -0.4 is 16.0 Å². The molecule has 1 aliphatic heterocycles. The lowest BCUT2D eigenvalue weighted by molar-refractivity contribution is -0.126. The lowest BCUT2D eigenvalue weighted by atomic mass is 10.0. The Balaban J connectivity index is 0.00000180. The van der Waals surface area contributed by atoms with Crippen LogP contribution in [0.1, 0.15) is 15.9 Å². The highest BCUT2D eigenvalue weighted by Gasteiger charge is 2.24. The minimum absolute atomic E-state index is 0. The van der Waals surface area contributed by atoms with Crippen LogP contribution in [0, 0.1) is 5.92 Å². The van der Waals surface area contributed by atoms with Crippen LogP contribution in [0.2, 0.25) is 0 Å². The second-order valence-corrected chi connectivity index (χ2v) is 4.35. The van der Waals surface area contributed by atoms with Gasteiger partial charge in [0.15, 0.2) is 0 Å². The van der Waals surface area contributed by atoms with E-state index in [1.165, 1.54) is 0 Å². The molecule has 3 N–H and O–H groups in total. The van der Waals surface area contributed by atoms with Crippen LogP contribution in [-0.4, -0.2) is 32.0 Å². The van der Waals surface area contributed by atoms with Gasteiger partial charge in [-0.15, -0.1) is 12.4 Å². The minimum Gasteiger partial charge on any atom is -0.355 e. The van der Waals surface area contributed by atoms with Crippen molar-refractivity contribution in [1.29, 1.82) is 0 Å². The van der Waals surface area contributed by atoms with Gasteiger partial charge < -0.3 is 16.0 Å². The quantitative estimate of drug-likeness (QED) is 0.745. The Labute approximate surface area is 118 Å². The molecular weight excluding hydrogens is 266 g/mol. The van der Waals surface area contributed by atoms with Gasteiger partial charge in [0.2, 0.25) is 5.91 Å². The Morgan fingerprint density at radius 3 is 2.68 bits per heavy atom. The predicted molar refractivity (Wildman–Crippen MR) is 75.3 cm³/mol. The number of amides is 2. The summed E-state index contributed by atoms with van der Waals surface area (Å²) in [7, 11) is 1.60. The minimum atomic E-state index is -0.119. The van der Waals surface area contributed by atoms with E-state index in [0.29, 0.717) is 12.1 Å². The van der Waals surface area contributed by atoms with Crippen LogP contribution in [0.5, 0.6) is 0 Å². The van der Waals surface area contributed by atoms with Gasteiger partial charge in [-0.3, -0.25) is 9.59 Å². The zero-order valence-corrected chi connectivity index (χ0v) is 11.5. The van der Waals surface area contributed by atoms with Gasteiger partial charge in [-0.25, -0.2) is 0 Å². The lowest BCUT2D eigenvalue weighted by Gasteiger charge is -2.25. The van der Waals surface area contributed by atoms with Crippen LogP contribution >= 0.6 is 12.4 Å². The maximum atomic E-state index is 11.6. The summed E-state index contributed by atoms with van der Waals surface area (Å²) in [5.74, 6) is 0.0394. The summed E-state index contributed by atoms with van der Waals surface area (Å²) in [5, 5.41) is 8.51. The number of carbonyl (C=O) groups excluding carboxylic acids is 2. The Bertz CT molecular complexity index is 461. The molecule has 1 aromatic carbocycles. The fourth-order valence-electron chi connectivity index (χ4n) is 1.77. The molecule has 0 atom stereocenters. The van der Waals surface area contributed by atoms with Crippen molar-refractivity contribution >= 4 is 24.2 Å². The number of hydrogen-bond acceptors (Lipinski definition) is 3. The number of benzene rings is 1. The van der Waals surface area contributed by atoms with Crippen LogP contribution in [-0.2, 0) is 11.3 Å². The van der Waals surface area contributed by atoms with Gasteiger partial charge >= 0.3 is 0 Å². The molecule has 19 heavy (non-hydrogen) atoms. The average molecular weight is 284 g/mol.